The quantitative estimate of drug-likeness (QED) is 0.829. The Morgan fingerprint density at radius 1 is 1.32 bits per heavy atom. The third-order valence-electron chi connectivity index (χ3n) is 4.49. The molecular formula is C15H28N2O2. The van der Waals surface area contributed by atoms with Gasteiger partial charge >= 0.3 is 0 Å². The minimum Gasteiger partial charge on any atom is -0.365 e. The summed E-state index contributed by atoms with van der Waals surface area (Å²) in [6, 6.07) is 0. The van der Waals surface area contributed by atoms with Gasteiger partial charge in [-0.3, -0.25) is 4.79 Å². The minimum absolute atomic E-state index is 0.184. The number of carbonyl (C=O) groups is 1. The number of likely N-dealkylation sites (tertiary alicyclic amines) is 1. The fraction of sp³-hybridized carbons (Fsp3) is 0.933. The molecule has 0 aromatic rings. The zero-order valence-corrected chi connectivity index (χ0v) is 12.1. The molecule has 1 saturated heterocycles. The van der Waals surface area contributed by atoms with Crippen molar-refractivity contribution in [2.45, 2.75) is 64.1 Å². The van der Waals surface area contributed by atoms with E-state index in [2.05, 4.69) is 0 Å². The highest BCUT2D eigenvalue weighted by Gasteiger charge is 2.31. The monoisotopic (exact) mass is 268 g/mol. The Bertz CT molecular complexity index is 290. The zero-order valence-electron chi connectivity index (χ0n) is 12.1. The lowest BCUT2D eigenvalue weighted by atomic mass is 9.97. The molecule has 1 aliphatic carbocycles. The first-order valence-electron chi connectivity index (χ1n) is 7.89. The van der Waals surface area contributed by atoms with Crippen LogP contribution < -0.4 is 5.73 Å². The van der Waals surface area contributed by atoms with Crippen LogP contribution in [0.1, 0.15) is 51.9 Å². The number of nitrogens with two attached hydrogens (primary N) is 1. The number of ether oxygens (including phenoxy) is 1. The topological polar surface area (TPSA) is 55.6 Å². The Labute approximate surface area is 116 Å². The van der Waals surface area contributed by atoms with E-state index < -0.39 is 0 Å². The molecule has 0 radical (unpaired) electrons. The van der Waals surface area contributed by atoms with Crippen LogP contribution in [0.25, 0.3) is 0 Å². The number of nitrogens with zero attached hydrogens (tertiary/aromatic N) is 1. The van der Waals surface area contributed by atoms with Crippen molar-refractivity contribution in [3.63, 3.8) is 0 Å². The highest BCUT2D eigenvalue weighted by atomic mass is 16.5. The molecule has 1 heterocycles. The summed E-state index contributed by atoms with van der Waals surface area (Å²) in [6.45, 7) is 4.40. The lowest BCUT2D eigenvalue weighted by Gasteiger charge is -2.29. The van der Waals surface area contributed by atoms with Gasteiger partial charge in [-0.1, -0.05) is 26.2 Å². The fourth-order valence-corrected chi connectivity index (χ4v) is 3.19. The van der Waals surface area contributed by atoms with Crippen molar-refractivity contribution in [2.75, 3.05) is 19.6 Å². The van der Waals surface area contributed by atoms with Crippen molar-refractivity contribution in [3.8, 4) is 0 Å². The highest BCUT2D eigenvalue weighted by molar-refractivity contribution is 5.81. The second-order valence-electron chi connectivity index (χ2n) is 5.97. The molecule has 1 aliphatic heterocycles. The van der Waals surface area contributed by atoms with Gasteiger partial charge in [0, 0.05) is 13.1 Å². The van der Waals surface area contributed by atoms with Crippen LogP contribution in [0.15, 0.2) is 0 Å². The Kier molecular flexibility index (Phi) is 5.64. The average molecular weight is 268 g/mol. The van der Waals surface area contributed by atoms with E-state index in [1.807, 2.05) is 11.8 Å². The molecule has 4 heteroatoms. The Balaban J connectivity index is 1.84. The summed E-state index contributed by atoms with van der Waals surface area (Å²) in [4.78, 5) is 14.4. The van der Waals surface area contributed by atoms with Crippen LogP contribution in [-0.2, 0) is 9.53 Å². The number of amides is 1. The van der Waals surface area contributed by atoms with Gasteiger partial charge in [0.2, 0.25) is 0 Å². The molecule has 2 fully saturated rings. The summed E-state index contributed by atoms with van der Waals surface area (Å²) in [6.07, 6.45) is 7.93. The molecular weight excluding hydrogens is 240 g/mol. The molecule has 2 atom stereocenters. The molecule has 1 amide bonds. The van der Waals surface area contributed by atoms with Crippen LogP contribution in [-0.4, -0.2) is 42.6 Å². The Morgan fingerprint density at radius 3 is 2.63 bits per heavy atom. The fourth-order valence-electron chi connectivity index (χ4n) is 3.19. The van der Waals surface area contributed by atoms with E-state index in [9.17, 15) is 4.79 Å². The molecule has 2 N–H and O–H groups in total. The van der Waals surface area contributed by atoms with Crippen molar-refractivity contribution in [3.05, 3.63) is 0 Å². The molecule has 2 unspecified atom stereocenters. The van der Waals surface area contributed by atoms with E-state index in [4.69, 9.17) is 10.5 Å². The van der Waals surface area contributed by atoms with Gasteiger partial charge in [-0.2, -0.15) is 0 Å². The summed E-state index contributed by atoms with van der Waals surface area (Å²) in [5, 5.41) is 0. The smallest absolute Gasteiger partial charge is 0.251 e. The van der Waals surface area contributed by atoms with Gasteiger partial charge in [0.15, 0.2) is 0 Å². The molecule has 19 heavy (non-hydrogen) atoms. The SMILES string of the molecule is CCC(OC1CCCCC1)C(=O)N1CCC(CN)C1. The van der Waals surface area contributed by atoms with Crippen LogP contribution in [0.2, 0.25) is 0 Å². The van der Waals surface area contributed by atoms with Gasteiger partial charge < -0.3 is 15.4 Å². The number of hydrogen-bond donors (Lipinski definition) is 1. The van der Waals surface area contributed by atoms with Crippen molar-refractivity contribution < 1.29 is 9.53 Å². The summed E-state index contributed by atoms with van der Waals surface area (Å²) in [7, 11) is 0. The molecule has 110 valence electrons. The highest BCUT2D eigenvalue weighted by Crippen LogP contribution is 2.24. The van der Waals surface area contributed by atoms with Crippen LogP contribution in [0.3, 0.4) is 0 Å². The van der Waals surface area contributed by atoms with Crippen LogP contribution in [0.4, 0.5) is 0 Å². The summed E-state index contributed by atoms with van der Waals surface area (Å²) >= 11 is 0. The lowest BCUT2D eigenvalue weighted by molar-refractivity contribution is -0.148. The van der Waals surface area contributed by atoms with E-state index in [1.165, 1.54) is 19.3 Å². The first-order valence-corrected chi connectivity index (χ1v) is 7.89. The predicted molar refractivity (Wildman–Crippen MR) is 75.8 cm³/mol. The first-order chi connectivity index (χ1) is 9.24. The molecule has 0 bridgehead atoms. The average Bonchev–Trinajstić information content (AvgIpc) is 2.94. The van der Waals surface area contributed by atoms with Crippen LogP contribution in [0, 0.1) is 5.92 Å². The maximum atomic E-state index is 12.5. The number of rotatable bonds is 5. The summed E-state index contributed by atoms with van der Waals surface area (Å²) in [5.41, 5.74) is 5.68. The van der Waals surface area contributed by atoms with Crippen LogP contribution >= 0.6 is 0 Å². The summed E-state index contributed by atoms with van der Waals surface area (Å²) in [5.74, 6) is 0.667. The second kappa shape index (κ2) is 7.25. The standard InChI is InChI=1S/C15H28N2O2/c1-2-14(19-13-6-4-3-5-7-13)15(18)17-9-8-12(10-16)11-17/h12-14H,2-11,16H2,1H3. The summed E-state index contributed by atoms with van der Waals surface area (Å²) < 4.78 is 6.06. The van der Waals surface area contributed by atoms with Gasteiger partial charge in [-0.05, 0) is 38.1 Å². The third-order valence-corrected chi connectivity index (χ3v) is 4.49. The molecule has 1 saturated carbocycles. The van der Waals surface area contributed by atoms with Gasteiger partial charge in [0.25, 0.3) is 5.91 Å². The molecule has 0 spiro atoms. The third kappa shape index (κ3) is 3.93. The van der Waals surface area contributed by atoms with Crippen LogP contribution in [0.5, 0.6) is 0 Å². The van der Waals surface area contributed by atoms with E-state index >= 15 is 0 Å². The van der Waals surface area contributed by atoms with Gasteiger partial charge in [0.05, 0.1) is 6.10 Å². The maximum absolute atomic E-state index is 12.5. The molecule has 4 nitrogen and oxygen atoms in total. The van der Waals surface area contributed by atoms with E-state index in [1.54, 1.807) is 0 Å². The van der Waals surface area contributed by atoms with Crippen molar-refractivity contribution in [1.82, 2.24) is 4.90 Å². The molecule has 0 aromatic heterocycles. The second-order valence-corrected chi connectivity index (χ2v) is 5.97. The van der Waals surface area contributed by atoms with E-state index in [0.29, 0.717) is 18.6 Å². The zero-order chi connectivity index (χ0) is 13.7. The van der Waals surface area contributed by atoms with E-state index in [-0.39, 0.29) is 12.0 Å². The van der Waals surface area contributed by atoms with Crippen molar-refractivity contribution in [1.29, 1.82) is 0 Å². The largest absolute Gasteiger partial charge is 0.365 e. The maximum Gasteiger partial charge on any atom is 0.251 e. The predicted octanol–water partition coefficient (Wildman–Crippen LogP) is 1.92. The van der Waals surface area contributed by atoms with E-state index in [0.717, 1.165) is 38.8 Å². The lowest BCUT2D eigenvalue weighted by Crippen LogP contribution is -2.41. The van der Waals surface area contributed by atoms with Crippen molar-refractivity contribution >= 4 is 5.91 Å². The Hall–Kier alpha value is -0.610. The van der Waals surface area contributed by atoms with Gasteiger partial charge in [0.1, 0.15) is 6.10 Å². The number of carbonyl (C=O) groups excluding carboxylic acids is 1. The van der Waals surface area contributed by atoms with Gasteiger partial charge in [-0.25, -0.2) is 0 Å². The molecule has 2 rings (SSSR count). The normalized spacial score (nSPS) is 26.6. The number of hydrogen-bond acceptors (Lipinski definition) is 3. The van der Waals surface area contributed by atoms with Crippen molar-refractivity contribution in [2.24, 2.45) is 11.7 Å². The minimum atomic E-state index is -0.236. The first kappa shape index (κ1) is 14.8. The molecule has 0 aromatic carbocycles. The van der Waals surface area contributed by atoms with Gasteiger partial charge in [-0.15, -0.1) is 0 Å². The molecule has 2 aliphatic rings. The Morgan fingerprint density at radius 2 is 2.05 bits per heavy atom.